The Balaban J connectivity index is 1.75. The van der Waals surface area contributed by atoms with E-state index in [1.807, 2.05) is 61.5 Å². The molecule has 0 radical (unpaired) electrons. The summed E-state index contributed by atoms with van der Waals surface area (Å²) in [4.78, 5) is 4.54. The number of para-hydroxylation sites is 1. The van der Waals surface area contributed by atoms with Crippen molar-refractivity contribution in [1.82, 2.24) is 0 Å². The largest absolute Gasteiger partial charge is 0.456 e. The van der Waals surface area contributed by atoms with Crippen LogP contribution in [0.5, 0.6) is 0 Å². The van der Waals surface area contributed by atoms with E-state index in [4.69, 9.17) is 9.41 Å². The van der Waals surface area contributed by atoms with Crippen LogP contribution in [-0.2, 0) is 10.1 Å². The number of rotatable bonds is 8. The SMILES string of the molecule is C=C(/N=c1/ccc2c(-c3ccccc3S(=O)(=O)O)c3ccc(Nc4c(C)cccc4C)cc3oc-2c1)/C(C)=C\C=C/CC. The van der Waals surface area contributed by atoms with E-state index >= 15 is 0 Å². The fourth-order valence-electron chi connectivity index (χ4n) is 5.06. The molecule has 0 unspecified atom stereocenters. The number of aryl methyl sites for hydroxylation is 2. The van der Waals surface area contributed by atoms with Crippen LogP contribution in [0.1, 0.15) is 31.4 Å². The van der Waals surface area contributed by atoms with Crippen molar-refractivity contribution >= 4 is 32.5 Å². The van der Waals surface area contributed by atoms with E-state index in [2.05, 4.69) is 50.9 Å². The van der Waals surface area contributed by atoms with Gasteiger partial charge in [-0.25, -0.2) is 4.99 Å². The highest BCUT2D eigenvalue weighted by Gasteiger charge is 2.23. The Kier molecular flexibility index (Phi) is 8.48. The Labute approximate surface area is 252 Å². The van der Waals surface area contributed by atoms with Crippen LogP contribution in [0.3, 0.4) is 0 Å². The molecule has 0 saturated carbocycles. The highest BCUT2D eigenvalue weighted by atomic mass is 32.2. The number of nitrogens with zero attached hydrogens (tertiary/aromatic N) is 1. The molecule has 0 fully saturated rings. The maximum atomic E-state index is 12.4. The summed E-state index contributed by atoms with van der Waals surface area (Å²) < 4.78 is 41.5. The molecule has 5 rings (SSSR count). The molecule has 2 N–H and O–H groups in total. The summed E-state index contributed by atoms with van der Waals surface area (Å²) in [6.45, 7) is 12.3. The van der Waals surface area contributed by atoms with Gasteiger partial charge in [0.15, 0.2) is 0 Å². The number of benzene rings is 4. The first-order valence-electron chi connectivity index (χ1n) is 14.0. The third-order valence-corrected chi connectivity index (χ3v) is 8.24. The lowest BCUT2D eigenvalue weighted by atomic mass is 9.93. The quantitative estimate of drug-likeness (QED) is 0.107. The molecular formula is C36H34N2O4S. The second-order valence-electron chi connectivity index (χ2n) is 10.5. The minimum absolute atomic E-state index is 0.176. The molecule has 2 aliphatic rings. The zero-order valence-corrected chi connectivity index (χ0v) is 25.5. The zero-order valence-electron chi connectivity index (χ0n) is 24.7. The zero-order chi connectivity index (χ0) is 30.7. The Hall–Kier alpha value is -4.72. The second kappa shape index (κ2) is 12.3. The molecule has 1 heterocycles. The number of fused-ring (bicyclic) bond motifs is 2. The van der Waals surface area contributed by atoms with Crippen LogP contribution >= 0.6 is 0 Å². The molecule has 7 heteroatoms. The van der Waals surface area contributed by atoms with Gasteiger partial charge in [-0.05, 0) is 74.2 Å². The number of nitrogens with one attached hydrogen (secondary N) is 1. The molecular weight excluding hydrogens is 556 g/mol. The Morgan fingerprint density at radius 3 is 2.44 bits per heavy atom. The van der Waals surface area contributed by atoms with Crippen molar-refractivity contribution in [3.63, 3.8) is 0 Å². The van der Waals surface area contributed by atoms with Crippen molar-refractivity contribution < 1.29 is 17.4 Å². The first kappa shape index (κ1) is 29.8. The van der Waals surface area contributed by atoms with Gasteiger partial charge in [-0.3, -0.25) is 4.55 Å². The van der Waals surface area contributed by atoms with Crippen LogP contribution in [-0.4, -0.2) is 13.0 Å². The maximum Gasteiger partial charge on any atom is 0.295 e. The fraction of sp³-hybridized carbons (Fsp3) is 0.139. The van der Waals surface area contributed by atoms with Gasteiger partial charge in [0.05, 0.1) is 11.1 Å². The molecule has 0 amide bonds. The molecule has 3 aromatic rings. The van der Waals surface area contributed by atoms with E-state index in [0.29, 0.717) is 44.5 Å². The van der Waals surface area contributed by atoms with Gasteiger partial charge >= 0.3 is 0 Å². The molecule has 43 heavy (non-hydrogen) atoms. The fourth-order valence-corrected chi connectivity index (χ4v) is 5.76. The molecule has 0 atom stereocenters. The smallest absolute Gasteiger partial charge is 0.295 e. The summed E-state index contributed by atoms with van der Waals surface area (Å²) in [5.41, 5.74) is 7.84. The number of hydrogen-bond donors (Lipinski definition) is 2. The van der Waals surface area contributed by atoms with Gasteiger partial charge in [0.1, 0.15) is 16.2 Å². The van der Waals surface area contributed by atoms with Gasteiger partial charge in [0.25, 0.3) is 10.1 Å². The Morgan fingerprint density at radius 1 is 0.977 bits per heavy atom. The second-order valence-corrected chi connectivity index (χ2v) is 11.9. The van der Waals surface area contributed by atoms with Crippen LogP contribution in [0, 0.1) is 13.8 Å². The average molecular weight is 591 g/mol. The van der Waals surface area contributed by atoms with E-state index in [-0.39, 0.29) is 4.90 Å². The molecule has 6 nitrogen and oxygen atoms in total. The molecule has 218 valence electrons. The van der Waals surface area contributed by atoms with Crippen molar-refractivity contribution in [2.24, 2.45) is 4.99 Å². The Bertz CT molecular complexity index is 2050. The van der Waals surface area contributed by atoms with Crippen molar-refractivity contribution in [1.29, 1.82) is 0 Å². The van der Waals surface area contributed by atoms with Gasteiger partial charge in [-0.1, -0.05) is 68.1 Å². The summed E-state index contributed by atoms with van der Waals surface area (Å²) in [5, 5.41) is 4.85. The standard InChI is InChI=1S/C36H34N2O4S/c1-6-7-8-12-23(2)26(5)37-27-17-19-29-32(21-27)42-33-22-28(38-36-24(3)13-11-14-25(36)4)18-20-30(33)35(29)31-15-9-10-16-34(31)43(39,40)41/h7-22,38H,5-6H2,1-4H3,(H,39,40,41)/b8-7-,23-12-,37-27-. The molecule has 0 saturated heterocycles. The van der Waals surface area contributed by atoms with E-state index < -0.39 is 10.1 Å². The maximum absolute atomic E-state index is 12.4. The summed E-state index contributed by atoms with van der Waals surface area (Å²) >= 11 is 0. The van der Waals surface area contributed by atoms with Gasteiger partial charge in [0, 0.05) is 45.6 Å². The third-order valence-electron chi connectivity index (χ3n) is 7.33. The molecule has 1 aliphatic carbocycles. The van der Waals surface area contributed by atoms with Crippen molar-refractivity contribution in [3.8, 4) is 22.5 Å². The molecule has 1 aliphatic heterocycles. The molecule has 3 aromatic carbocycles. The number of anilines is 2. The first-order valence-corrected chi connectivity index (χ1v) is 15.5. The normalized spacial score (nSPS) is 12.9. The average Bonchev–Trinajstić information content (AvgIpc) is 2.97. The summed E-state index contributed by atoms with van der Waals surface area (Å²) in [5.74, 6) is 0.512. The van der Waals surface area contributed by atoms with E-state index in [0.717, 1.165) is 34.5 Å². The number of allylic oxidation sites excluding steroid dienone is 4. The van der Waals surface area contributed by atoms with Crippen molar-refractivity contribution in [2.75, 3.05) is 5.32 Å². The predicted molar refractivity (Wildman–Crippen MR) is 175 cm³/mol. The van der Waals surface area contributed by atoms with Gasteiger partial charge in [-0.15, -0.1) is 0 Å². The lowest BCUT2D eigenvalue weighted by Gasteiger charge is -2.18. The van der Waals surface area contributed by atoms with Crippen LogP contribution in [0.2, 0.25) is 0 Å². The molecule has 0 aromatic heterocycles. The highest BCUT2D eigenvalue weighted by Crippen LogP contribution is 2.43. The van der Waals surface area contributed by atoms with Crippen molar-refractivity contribution in [2.45, 2.75) is 39.0 Å². The highest BCUT2D eigenvalue weighted by molar-refractivity contribution is 7.86. The van der Waals surface area contributed by atoms with Gasteiger partial charge < -0.3 is 9.73 Å². The lowest BCUT2D eigenvalue weighted by Crippen LogP contribution is -2.05. The number of hydrogen-bond acceptors (Lipinski definition) is 5. The molecule has 0 bridgehead atoms. The van der Waals surface area contributed by atoms with Gasteiger partial charge in [-0.2, -0.15) is 8.42 Å². The Morgan fingerprint density at radius 2 is 1.72 bits per heavy atom. The first-order chi connectivity index (χ1) is 20.6. The minimum atomic E-state index is -4.51. The summed E-state index contributed by atoms with van der Waals surface area (Å²) in [6.07, 6.45) is 6.97. The van der Waals surface area contributed by atoms with Gasteiger partial charge in [0.2, 0.25) is 0 Å². The summed E-state index contributed by atoms with van der Waals surface area (Å²) in [6, 6.07) is 23.8. The van der Waals surface area contributed by atoms with Crippen LogP contribution in [0.15, 0.2) is 129 Å². The van der Waals surface area contributed by atoms with E-state index in [1.165, 1.54) is 6.07 Å². The monoisotopic (exact) mass is 590 g/mol. The summed E-state index contributed by atoms with van der Waals surface area (Å²) in [7, 11) is -4.51. The van der Waals surface area contributed by atoms with E-state index in [1.54, 1.807) is 18.2 Å². The topological polar surface area (TPSA) is 91.9 Å². The predicted octanol–water partition coefficient (Wildman–Crippen LogP) is 9.14. The van der Waals surface area contributed by atoms with Crippen LogP contribution in [0.25, 0.3) is 33.4 Å². The lowest BCUT2D eigenvalue weighted by molar-refractivity contribution is 0.483. The third kappa shape index (κ3) is 6.38. The van der Waals surface area contributed by atoms with Crippen molar-refractivity contribution in [3.05, 3.63) is 131 Å². The van der Waals surface area contributed by atoms with Crippen LogP contribution < -0.4 is 10.7 Å². The minimum Gasteiger partial charge on any atom is -0.456 e. The van der Waals surface area contributed by atoms with Crippen LogP contribution in [0.4, 0.5) is 11.4 Å². The molecule has 0 spiro atoms. The van der Waals surface area contributed by atoms with E-state index in [9.17, 15) is 13.0 Å².